The van der Waals surface area contributed by atoms with Crippen LogP contribution in [-0.4, -0.2) is 74.9 Å². The number of nitrogens with zero attached hydrogens (tertiary/aromatic N) is 1. The average Bonchev–Trinajstić information content (AvgIpc) is 3.13. The fourth-order valence-corrected chi connectivity index (χ4v) is 7.16. The van der Waals surface area contributed by atoms with E-state index >= 15 is 0 Å². The highest BCUT2D eigenvalue weighted by molar-refractivity contribution is 7.47. The minimum Gasteiger partial charge on any atom is -0.462 e. The number of ether oxygens (including phenoxy) is 2. The summed E-state index contributed by atoms with van der Waals surface area (Å²) < 4.78 is 34.3. The zero-order valence-corrected chi connectivity index (χ0v) is 37.6. The summed E-state index contributed by atoms with van der Waals surface area (Å²) >= 11 is 0. The Morgan fingerprint density at radius 1 is 0.545 bits per heavy atom. The van der Waals surface area contributed by atoms with Crippen LogP contribution < -0.4 is 0 Å². The maximum absolute atomic E-state index is 12.7. The molecule has 9 nitrogen and oxygen atoms in total. The molecule has 2 atom stereocenters. The minimum absolute atomic E-state index is 0.0348. The molecule has 326 valence electrons. The average molecular weight is 803 g/mol. The molecule has 55 heavy (non-hydrogen) atoms. The number of unbranched alkanes of at least 4 members (excludes halogenated alkanes) is 26. The van der Waals surface area contributed by atoms with Crippen LogP contribution in [0.1, 0.15) is 213 Å². The largest absolute Gasteiger partial charge is 0.472 e. The molecule has 0 aliphatic heterocycles. The summed E-state index contributed by atoms with van der Waals surface area (Å²) in [6.45, 7) is 4.43. The number of carbonyl (C=O) groups is 2. The Morgan fingerprint density at radius 2 is 0.927 bits per heavy atom. The van der Waals surface area contributed by atoms with Crippen LogP contribution in [0.25, 0.3) is 0 Å². The third-order valence-corrected chi connectivity index (χ3v) is 11.0. The number of carbonyl (C=O) groups excluding carboxylic acids is 2. The Bertz CT molecular complexity index is 954. The summed E-state index contributed by atoms with van der Waals surface area (Å²) in [6.07, 6.45) is 39.8. The third kappa shape index (κ3) is 42.2. The minimum atomic E-state index is -4.37. The van der Waals surface area contributed by atoms with Crippen LogP contribution in [0, 0.1) is 0 Å². The first-order chi connectivity index (χ1) is 26.5. The lowest BCUT2D eigenvalue weighted by atomic mass is 10.0. The van der Waals surface area contributed by atoms with Crippen molar-refractivity contribution in [1.29, 1.82) is 0 Å². The van der Waals surface area contributed by atoms with Gasteiger partial charge in [-0.1, -0.05) is 174 Å². The second-order valence-corrected chi connectivity index (χ2v) is 18.2. The van der Waals surface area contributed by atoms with Gasteiger partial charge in [-0.05, 0) is 38.5 Å². The summed E-state index contributed by atoms with van der Waals surface area (Å²) in [5.74, 6) is -0.792. The van der Waals surface area contributed by atoms with E-state index in [1.165, 1.54) is 148 Å². The van der Waals surface area contributed by atoms with Gasteiger partial charge in [0.2, 0.25) is 0 Å². The van der Waals surface area contributed by atoms with Gasteiger partial charge in [0.25, 0.3) is 0 Å². The predicted molar refractivity (Wildman–Crippen MR) is 229 cm³/mol. The lowest BCUT2D eigenvalue weighted by Gasteiger charge is -2.24. The Labute approximate surface area is 339 Å². The molecule has 0 saturated heterocycles. The van der Waals surface area contributed by atoms with Gasteiger partial charge >= 0.3 is 19.8 Å². The van der Waals surface area contributed by atoms with Crippen molar-refractivity contribution in [2.75, 3.05) is 47.5 Å². The Kier molecular flexibility index (Phi) is 37.4. The van der Waals surface area contributed by atoms with E-state index in [0.717, 1.165) is 32.1 Å². The zero-order chi connectivity index (χ0) is 40.7. The molecule has 1 unspecified atom stereocenters. The summed E-state index contributed by atoms with van der Waals surface area (Å²) in [4.78, 5) is 35.3. The van der Waals surface area contributed by atoms with Crippen LogP contribution in [0.4, 0.5) is 0 Å². The molecule has 0 fully saturated rings. The lowest BCUT2D eigenvalue weighted by Crippen LogP contribution is -2.37. The van der Waals surface area contributed by atoms with Crippen molar-refractivity contribution in [3.8, 4) is 0 Å². The van der Waals surface area contributed by atoms with Crippen molar-refractivity contribution in [1.82, 2.24) is 0 Å². The SMILES string of the molecule is CCCCCCCC/C=C/CCCCCCCCCCCCCC(=O)O[C@H](COC(=O)CCCCCCCCCCCC)COP(=O)(O)OCC[N+](C)(C)C. The Balaban J connectivity index is 4.22. The highest BCUT2D eigenvalue weighted by atomic mass is 31.2. The topological polar surface area (TPSA) is 108 Å². The molecule has 0 radical (unpaired) electrons. The highest BCUT2D eigenvalue weighted by Crippen LogP contribution is 2.43. The van der Waals surface area contributed by atoms with Gasteiger partial charge in [0.15, 0.2) is 6.10 Å². The first kappa shape index (κ1) is 53.8. The molecule has 0 spiro atoms. The summed E-state index contributed by atoms with van der Waals surface area (Å²) in [5, 5.41) is 0. The molecule has 1 N–H and O–H groups in total. The van der Waals surface area contributed by atoms with Crippen molar-refractivity contribution in [3.05, 3.63) is 12.2 Å². The molecule has 0 aromatic heterocycles. The number of rotatable bonds is 42. The predicted octanol–water partition coefficient (Wildman–Crippen LogP) is 13.0. The van der Waals surface area contributed by atoms with Gasteiger partial charge in [-0.25, -0.2) is 4.57 Å². The fraction of sp³-hybridized carbons (Fsp3) is 0.911. The molecule has 0 aliphatic carbocycles. The first-order valence-corrected chi connectivity index (χ1v) is 24.4. The first-order valence-electron chi connectivity index (χ1n) is 22.9. The molecule has 0 aromatic carbocycles. The number of allylic oxidation sites excluding steroid dienone is 2. The van der Waals surface area contributed by atoms with Crippen LogP contribution in [-0.2, 0) is 32.7 Å². The van der Waals surface area contributed by atoms with Crippen LogP contribution in [0.15, 0.2) is 12.2 Å². The summed E-state index contributed by atoms with van der Waals surface area (Å²) in [7, 11) is 1.49. The quantitative estimate of drug-likeness (QED) is 0.0214. The van der Waals surface area contributed by atoms with E-state index in [2.05, 4.69) is 26.0 Å². The van der Waals surface area contributed by atoms with Crippen molar-refractivity contribution >= 4 is 19.8 Å². The number of hydrogen-bond acceptors (Lipinski definition) is 7. The maximum atomic E-state index is 12.7. The molecule has 0 rings (SSSR count). The van der Waals surface area contributed by atoms with E-state index in [1.54, 1.807) is 0 Å². The van der Waals surface area contributed by atoms with E-state index in [9.17, 15) is 19.0 Å². The molecular formula is C45H89NO8P+. The lowest BCUT2D eigenvalue weighted by molar-refractivity contribution is -0.870. The molecule has 0 saturated carbocycles. The van der Waals surface area contributed by atoms with Crippen LogP contribution in [0.2, 0.25) is 0 Å². The van der Waals surface area contributed by atoms with Crippen LogP contribution in [0.3, 0.4) is 0 Å². The van der Waals surface area contributed by atoms with E-state index in [4.69, 9.17) is 18.5 Å². The Morgan fingerprint density at radius 3 is 1.35 bits per heavy atom. The number of phosphoric acid groups is 1. The zero-order valence-electron chi connectivity index (χ0n) is 36.7. The van der Waals surface area contributed by atoms with Gasteiger partial charge in [-0.3, -0.25) is 18.6 Å². The molecule has 0 aliphatic rings. The number of esters is 2. The number of likely N-dealkylation sites (N-methyl/N-ethyl adjacent to an activating group) is 1. The van der Waals surface area contributed by atoms with Crippen molar-refractivity contribution < 1.29 is 42.1 Å². The van der Waals surface area contributed by atoms with Gasteiger partial charge in [0.1, 0.15) is 19.8 Å². The van der Waals surface area contributed by atoms with E-state index in [0.29, 0.717) is 23.9 Å². The number of hydrogen-bond donors (Lipinski definition) is 1. The fourth-order valence-electron chi connectivity index (χ4n) is 6.42. The van der Waals surface area contributed by atoms with Gasteiger partial charge in [-0.2, -0.15) is 0 Å². The third-order valence-electron chi connectivity index (χ3n) is 10.0. The van der Waals surface area contributed by atoms with Crippen LogP contribution >= 0.6 is 7.82 Å². The highest BCUT2D eigenvalue weighted by Gasteiger charge is 2.27. The summed E-state index contributed by atoms with van der Waals surface area (Å²) in [6, 6.07) is 0. The number of quaternary nitrogens is 1. The smallest absolute Gasteiger partial charge is 0.462 e. The molecule has 0 aromatic rings. The second kappa shape index (κ2) is 38.3. The number of phosphoric ester groups is 1. The molecule has 0 heterocycles. The maximum Gasteiger partial charge on any atom is 0.472 e. The van der Waals surface area contributed by atoms with Crippen molar-refractivity contribution in [2.45, 2.75) is 219 Å². The Hall–Kier alpha value is -1.25. The van der Waals surface area contributed by atoms with Gasteiger partial charge < -0.3 is 18.9 Å². The van der Waals surface area contributed by atoms with Crippen molar-refractivity contribution in [3.63, 3.8) is 0 Å². The van der Waals surface area contributed by atoms with Gasteiger partial charge in [0, 0.05) is 12.8 Å². The van der Waals surface area contributed by atoms with E-state index < -0.39 is 26.5 Å². The summed E-state index contributed by atoms with van der Waals surface area (Å²) in [5.41, 5.74) is 0. The second-order valence-electron chi connectivity index (χ2n) is 16.8. The van der Waals surface area contributed by atoms with Gasteiger partial charge in [0.05, 0.1) is 27.7 Å². The van der Waals surface area contributed by atoms with Crippen molar-refractivity contribution in [2.24, 2.45) is 0 Å². The van der Waals surface area contributed by atoms with Gasteiger partial charge in [-0.15, -0.1) is 0 Å². The standard InChI is InChI=1S/C45H88NO8P/c1-6-8-10-12-14-16-18-19-20-21-22-23-24-25-26-27-28-30-32-34-36-38-45(48)54-43(42-53-55(49,50)52-40-39-46(3,4)5)41-51-44(47)37-35-33-31-29-17-15-13-11-9-7-2/h19-20,43H,6-18,21-42H2,1-5H3/p+1/b20-19+/t43-/m1/s1. The normalized spacial score (nSPS) is 13.6. The van der Waals surface area contributed by atoms with E-state index in [1.807, 2.05) is 21.1 Å². The monoisotopic (exact) mass is 803 g/mol. The molecule has 10 heteroatoms. The molecule has 0 bridgehead atoms. The molecular weight excluding hydrogens is 713 g/mol. The molecule has 0 amide bonds. The van der Waals surface area contributed by atoms with E-state index in [-0.39, 0.29) is 25.6 Å². The van der Waals surface area contributed by atoms with Crippen LogP contribution in [0.5, 0.6) is 0 Å².